The summed E-state index contributed by atoms with van der Waals surface area (Å²) in [7, 11) is 0. The molecular formula is C24H23N3OS. The van der Waals surface area contributed by atoms with Gasteiger partial charge in [-0.25, -0.2) is 9.97 Å². The van der Waals surface area contributed by atoms with Gasteiger partial charge in [-0.15, -0.1) is 0 Å². The van der Waals surface area contributed by atoms with E-state index in [0.29, 0.717) is 5.92 Å². The zero-order chi connectivity index (χ0) is 19.6. The highest BCUT2D eigenvalue weighted by molar-refractivity contribution is 7.22. The molecule has 4 nitrogen and oxygen atoms in total. The topological polar surface area (TPSA) is 47.0 Å². The second kappa shape index (κ2) is 7.84. The number of ether oxygens (including phenoxy) is 1. The average Bonchev–Trinajstić information content (AvgIpc) is 3.35. The zero-order valence-electron chi connectivity index (χ0n) is 16.3. The van der Waals surface area contributed by atoms with Crippen LogP contribution in [0.15, 0.2) is 66.9 Å². The molecule has 0 aliphatic heterocycles. The molecule has 2 aromatic carbocycles. The van der Waals surface area contributed by atoms with E-state index < -0.39 is 0 Å². The number of thiazole rings is 1. The van der Waals surface area contributed by atoms with Crippen LogP contribution in [0.4, 0.5) is 10.8 Å². The second-order valence-corrected chi connectivity index (χ2v) is 8.78. The number of aromatic nitrogens is 2. The minimum Gasteiger partial charge on any atom is -0.439 e. The van der Waals surface area contributed by atoms with Crippen LogP contribution in [0.25, 0.3) is 10.2 Å². The molecule has 1 aliphatic rings. The predicted molar refractivity (Wildman–Crippen MR) is 119 cm³/mol. The van der Waals surface area contributed by atoms with Crippen LogP contribution in [0, 0.1) is 5.92 Å². The van der Waals surface area contributed by atoms with E-state index in [4.69, 9.17) is 4.74 Å². The fraction of sp³-hybridized carbons (Fsp3) is 0.250. The number of fused-ring (bicyclic) bond motifs is 1. The van der Waals surface area contributed by atoms with Gasteiger partial charge in [0.05, 0.1) is 10.2 Å². The minimum absolute atomic E-state index is 0.550. The van der Waals surface area contributed by atoms with Crippen molar-refractivity contribution in [3.63, 3.8) is 0 Å². The van der Waals surface area contributed by atoms with Gasteiger partial charge in [-0.05, 0) is 67.1 Å². The van der Waals surface area contributed by atoms with Crippen LogP contribution in [-0.4, -0.2) is 9.97 Å². The number of para-hydroxylation sites is 1. The fourth-order valence-electron chi connectivity index (χ4n) is 4.06. The summed E-state index contributed by atoms with van der Waals surface area (Å²) in [5, 5.41) is 4.27. The van der Waals surface area contributed by atoms with Crippen LogP contribution in [0.2, 0.25) is 0 Å². The number of pyridine rings is 1. The van der Waals surface area contributed by atoms with Gasteiger partial charge in [-0.1, -0.05) is 42.9 Å². The SMILES string of the molecule is C[C@H]1CC[C@@H](c2cccnc2Oc2ccc(Nc3nc4ccccc4s3)cc2)C1. The Labute approximate surface area is 174 Å². The first-order valence-electron chi connectivity index (χ1n) is 10.1. The van der Waals surface area contributed by atoms with E-state index in [1.165, 1.54) is 29.5 Å². The molecule has 0 radical (unpaired) electrons. The van der Waals surface area contributed by atoms with Crippen molar-refractivity contribution >= 4 is 32.4 Å². The number of nitrogens with one attached hydrogen (secondary N) is 1. The van der Waals surface area contributed by atoms with E-state index in [-0.39, 0.29) is 0 Å². The van der Waals surface area contributed by atoms with E-state index in [0.717, 1.165) is 33.9 Å². The standard InChI is InChI=1S/C24H23N3OS/c1-16-8-9-17(15-16)20-5-4-14-25-23(20)28-19-12-10-18(11-13-19)26-24-27-21-6-2-3-7-22(21)29-24/h2-7,10-14,16-17H,8-9,15H2,1H3,(H,26,27)/t16-,17+/m0/s1. The largest absolute Gasteiger partial charge is 0.439 e. The fourth-order valence-corrected chi connectivity index (χ4v) is 4.94. The molecule has 2 aromatic heterocycles. The summed E-state index contributed by atoms with van der Waals surface area (Å²) in [6, 6.07) is 20.3. The van der Waals surface area contributed by atoms with Gasteiger partial charge in [0.15, 0.2) is 5.13 Å². The van der Waals surface area contributed by atoms with Crippen molar-refractivity contribution in [1.29, 1.82) is 0 Å². The van der Waals surface area contributed by atoms with Gasteiger partial charge in [-0.2, -0.15) is 0 Å². The summed E-state index contributed by atoms with van der Waals surface area (Å²) >= 11 is 1.65. The molecule has 4 aromatic rings. The summed E-state index contributed by atoms with van der Waals surface area (Å²) in [6.45, 7) is 2.33. The van der Waals surface area contributed by atoms with Gasteiger partial charge in [-0.3, -0.25) is 0 Å². The van der Waals surface area contributed by atoms with Crippen molar-refractivity contribution in [2.24, 2.45) is 5.92 Å². The van der Waals surface area contributed by atoms with Crippen molar-refractivity contribution in [1.82, 2.24) is 9.97 Å². The smallest absolute Gasteiger partial charge is 0.222 e. The third kappa shape index (κ3) is 3.96. The molecule has 1 fully saturated rings. The molecule has 0 bridgehead atoms. The van der Waals surface area contributed by atoms with Crippen LogP contribution in [0.5, 0.6) is 11.6 Å². The van der Waals surface area contributed by atoms with Crippen molar-refractivity contribution in [2.45, 2.75) is 32.1 Å². The first-order valence-corrected chi connectivity index (χ1v) is 10.9. The third-order valence-electron chi connectivity index (χ3n) is 5.55. The molecule has 1 N–H and O–H groups in total. The maximum absolute atomic E-state index is 6.16. The lowest BCUT2D eigenvalue weighted by molar-refractivity contribution is 0.448. The number of rotatable bonds is 5. The Morgan fingerprint density at radius 1 is 1.00 bits per heavy atom. The van der Waals surface area contributed by atoms with Crippen LogP contribution in [-0.2, 0) is 0 Å². The molecule has 29 heavy (non-hydrogen) atoms. The normalized spacial score (nSPS) is 18.8. The van der Waals surface area contributed by atoms with Gasteiger partial charge in [0.1, 0.15) is 5.75 Å². The molecule has 2 heterocycles. The highest BCUT2D eigenvalue weighted by Gasteiger charge is 2.25. The van der Waals surface area contributed by atoms with Gasteiger partial charge >= 0.3 is 0 Å². The Balaban J connectivity index is 1.31. The summed E-state index contributed by atoms with van der Waals surface area (Å²) in [6.07, 6.45) is 5.52. The van der Waals surface area contributed by atoms with Gasteiger partial charge in [0, 0.05) is 17.4 Å². The summed E-state index contributed by atoms with van der Waals surface area (Å²) in [5.74, 6) is 2.86. The Hall–Kier alpha value is -2.92. The predicted octanol–water partition coefficient (Wildman–Crippen LogP) is 7.13. The maximum Gasteiger partial charge on any atom is 0.222 e. The molecule has 5 heteroatoms. The van der Waals surface area contributed by atoms with Crippen LogP contribution in [0.1, 0.15) is 37.7 Å². The Morgan fingerprint density at radius 2 is 1.86 bits per heavy atom. The average molecular weight is 402 g/mol. The molecule has 2 atom stereocenters. The first-order chi connectivity index (χ1) is 14.2. The monoisotopic (exact) mass is 401 g/mol. The lowest BCUT2D eigenvalue weighted by Gasteiger charge is -2.15. The molecule has 0 unspecified atom stereocenters. The highest BCUT2D eigenvalue weighted by Crippen LogP contribution is 2.41. The van der Waals surface area contributed by atoms with Crippen molar-refractivity contribution in [2.75, 3.05) is 5.32 Å². The number of nitrogens with zero attached hydrogens (tertiary/aromatic N) is 2. The van der Waals surface area contributed by atoms with Crippen LogP contribution in [0.3, 0.4) is 0 Å². The minimum atomic E-state index is 0.550. The summed E-state index contributed by atoms with van der Waals surface area (Å²) < 4.78 is 7.34. The molecule has 5 rings (SSSR count). The number of anilines is 2. The zero-order valence-corrected chi connectivity index (χ0v) is 17.2. The molecular weight excluding hydrogens is 378 g/mol. The lowest BCUT2D eigenvalue weighted by Crippen LogP contribution is -1.99. The highest BCUT2D eigenvalue weighted by atomic mass is 32.1. The van der Waals surface area contributed by atoms with Gasteiger partial charge in [0.2, 0.25) is 5.88 Å². The lowest BCUT2D eigenvalue weighted by atomic mass is 9.98. The molecule has 0 spiro atoms. The van der Waals surface area contributed by atoms with Gasteiger partial charge < -0.3 is 10.1 Å². The Kier molecular flexibility index (Phi) is 4.90. The van der Waals surface area contributed by atoms with E-state index in [1.54, 1.807) is 17.5 Å². The van der Waals surface area contributed by atoms with Crippen molar-refractivity contribution in [3.05, 3.63) is 72.4 Å². The van der Waals surface area contributed by atoms with Crippen molar-refractivity contribution < 1.29 is 4.74 Å². The maximum atomic E-state index is 6.16. The van der Waals surface area contributed by atoms with Crippen LogP contribution < -0.4 is 10.1 Å². The Morgan fingerprint density at radius 3 is 2.66 bits per heavy atom. The van der Waals surface area contributed by atoms with E-state index in [9.17, 15) is 0 Å². The van der Waals surface area contributed by atoms with E-state index >= 15 is 0 Å². The summed E-state index contributed by atoms with van der Waals surface area (Å²) in [5.41, 5.74) is 3.24. The van der Waals surface area contributed by atoms with E-state index in [1.807, 2.05) is 48.5 Å². The number of benzene rings is 2. The quantitative estimate of drug-likeness (QED) is 0.386. The van der Waals surface area contributed by atoms with Crippen molar-refractivity contribution in [3.8, 4) is 11.6 Å². The third-order valence-corrected chi connectivity index (χ3v) is 6.50. The van der Waals surface area contributed by atoms with E-state index in [2.05, 4.69) is 34.3 Å². The van der Waals surface area contributed by atoms with Crippen LogP contribution >= 0.6 is 11.3 Å². The van der Waals surface area contributed by atoms with Gasteiger partial charge in [0.25, 0.3) is 0 Å². The first kappa shape index (κ1) is 18.1. The molecule has 1 saturated carbocycles. The number of hydrogen-bond donors (Lipinski definition) is 1. The Bertz CT molecular complexity index is 1090. The summed E-state index contributed by atoms with van der Waals surface area (Å²) in [4.78, 5) is 9.14. The molecule has 0 saturated heterocycles. The molecule has 0 amide bonds. The number of hydrogen-bond acceptors (Lipinski definition) is 5. The molecule has 146 valence electrons. The second-order valence-electron chi connectivity index (χ2n) is 7.75. The molecule has 1 aliphatic carbocycles.